The summed E-state index contributed by atoms with van der Waals surface area (Å²) >= 11 is 2.39. The number of ketones is 1. The van der Waals surface area contributed by atoms with Crippen LogP contribution in [0.4, 0.5) is 10.8 Å². The van der Waals surface area contributed by atoms with E-state index in [1.807, 2.05) is 61.5 Å². The molecule has 0 fully saturated rings. The third-order valence-electron chi connectivity index (χ3n) is 4.39. The van der Waals surface area contributed by atoms with E-state index in [0.717, 1.165) is 28.2 Å². The van der Waals surface area contributed by atoms with Crippen molar-refractivity contribution in [3.8, 4) is 11.3 Å². The topological polar surface area (TPSA) is 88.2 Å². The molecule has 3 aromatic rings. The molecule has 2 aromatic carbocycles. The quantitative estimate of drug-likeness (QED) is 0.468. The van der Waals surface area contributed by atoms with E-state index in [1.54, 1.807) is 6.92 Å². The second-order valence-corrected chi connectivity index (χ2v) is 9.30. The Bertz CT molecular complexity index is 1080. The van der Waals surface area contributed by atoms with Gasteiger partial charge in [-0.2, -0.15) is 0 Å². The first-order chi connectivity index (χ1) is 14.8. The van der Waals surface area contributed by atoms with E-state index in [4.69, 9.17) is 0 Å². The van der Waals surface area contributed by atoms with Crippen molar-refractivity contribution in [2.75, 3.05) is 16.4 Å². The molecule has 0 saturated heterocycles. The molecule has 6 nitrogen and oxygen atoms in total. The van der Waals surface area contributed by atoms with Gasteiger partial charge in [0.2, 0.25) is 11.8 Å². The summed E-state index contributed by atoms with van der Waals surface area (Å²) in [6.45, 7) is 5.19. The molecule has 2 N–H and O–H groups in total. The number of hydrogen-bond donors (Lipinski definition) is 2. The van der Waals surface area contributed by atoms with Crippen molar-refractivity contribution in [3.63, 3.8) is 0 Å². The Morgan fingerprint density at radius 2 is 1.71 bits per heavy atom. The number of aromatic nitrogens is 1. The van der Waals surface area contributed by atoms with Crippen LogP contribution in [0.15, 0.2) is 54.6 Å². The van der Waals surface area contributed by atoms with Crippen molar-refractivity contribution in [2.24, 2.45) is 0 Å². The minimum Gasteiger partial charge on any atom is -0.325 e. The molecule has 0 aliphatic rings. The van der Waals surface area contributed by atoms with Gasteiger partial charge in [-0.25, -0.2) is 4.98 Å². The van der Waals surface area contributed by atoms with E-state index < -0.39 is 5.25 Å². The van der Waals surface area contributed by atoms with Gasteiger partial charge in [-0.3, -0.25) is 14.4 Å². The van der Waals surface area contributed by atoms with Crippen molar-refractivity contribution < 1.29 is 14.4 Å². The molecular weight excluding hydrogens is 430 g/mol. The Morgan fingerprint density at radius 3 is 2.35 bits per heavy atom. The number of anilines is 2. The van der Waals surface area contributed by atoms with Crippen LogP contribution in [0.5, 0.6) is 0 Å². The number of carbonyl (C=O) groups is 3. The molecule has 8 heteroatoms. The predicted molar refractivity (Wildman–Crippen MR) is 128 cm³/mol. The number of aryl methyl sites for hydroxylation is 1. The first-order valence-electron chi connectivity index (χ1n) is 9.69. The van der Waals surface area contributed by atoms with Crippen LogP contribution in [0.2, 0.25) is 0 Å². The molecular formula is C23H23N3O3S2. The molecule has 0 radical (unpaired) electrons. The maximum absolute atomic E-state index is 12.6. The van der Waals surface area contributed by atoms with E-state index in [9.17, 15) is 14.4 Å². The third-order valence-corrected chi connectivity index (χ3v) is 6.61. The van der Waals surface area contributed by atoms with Gasteiger partial charge in [0.15, 0.2) is 10.9 Å². The molecule has 31 heavy (non-hydrogen) atoms. The first-order valence-corrected chi connectivity index (χ1v) is 11.6. The number of Topliss-reactive ketones (excluding diaryl/α,β-unsaturated/α-hetero) is 1. The summed E-state index contributed by atoms with van der Waals surface area (Å²) in [6.07, 6.45) is 0. The molecule has 1 atom stereocenters. The van der Waals surface area contributed by atoms with Gasteiger partial charge < -0.3 is 10.6 Å². The van der Waals surface area contributed by atoms with Gasteiger partial charge in [0, 0.05) is 18.2 Å². The van der Waals surface area contributed by atoms with Gasteiger partial charge in [-0.1, -0.05) is 59.4 Å². The molecule has 1 unspecified atom stereocenters. The predicted octanol–water partition coefficient (Wildman–Crippen LogP) is 5.02. The molecule has 0 bridgehead atoms. The monoisotopic (exact) mass is 453 g/mol. The lowest BCUT2D eigenvalue weighted by atomic mass is 10.1. The molecule has 3 rings (SSSR count). The summed E-state index contributed by atoms with van der Waals surface area (Å²) in [5.74, 6) is -0.398. The number of thioether (sulfide) groups is 1. The lowest BCUT2D eigenvalue weighted by Crippen LogP contribution is -2.25. The number of benzene rings is 2. The summed E-state index contributed by atoms with van der Waals surface area (Å²) in [6, 6.07) is 16.9. The highest BCUT2D eigenvalue weighted by Crippen LogP contribution is 2.31. The molecule has 1 aromatic heterocycles. The van der Waals surface area contributed by atoms with Gasteiger partial charge in [0.1, 0.15) is 0 Å². The highest BCUT2D eigenvalue weighted by Gasteiger charge is 2.21. The average molecular weight is 454 g/mol. The summed E-state index contributed by atoms with van der Waals surface area (Å²) < 4.78 is 0. The maximum Gasteiger partial charge on any atom is 0.239 e. The smallest absolute Gasteiger partial charge is 0.239 e. The average Bonchev–Trinajstić information content (AvgIpc) is 3.18. The fraction of sp³-hybridized carbons (Fsp3) is 0.217. The lowest BCUT2D eigenvalue weighted by Gasteiger charge is -2.11. The molecule has 0 aliphatic heterocycles. The second-order valence-electron chi connectivity index (χ2n) is 6.98. The minimum absolute atomic E-state index is 0.105. The number of carbonyl (C=O) groups excluding carboxylic acids is 3. The van der Waals surface area contributed by atoms with Gasteiger partial charge in [0.25, 0.3) is 0 Å². The highest BCUT2D eigenvalue weighted by molar-refractivity contribution is 8.01. The molecule has 160 valence electrons. The van der Waals surface area contributed by atoms with Gasteiger partial charge >= 0.3 is 0 Å². The Balaban J connectivity index is 1.58. The molecule has 0 saturated carbocycles. The van der Waals surface area contributed by atoms with E-state index in [-0.39, 0.29) is 23.4 Å². The second kappa shape index (κ2) is 10.4. The van der Waals surface area contributed by atoms with E-state index in [0.29, 0.717) is 15.7 Å². The number of rotatable bonds is 8. The Kier molecular flexibility index (Phi) is 7.59. The molecule has 1 heterocycles. The van der Waals surface area contributed by atoms with Crippen LogP contribution in [0, 0.1) is 6.92 Å². The first kappa shape index (κ1) is 22.7. The third kappa shape index (κ3) is 6.26. The van der Waals surface area contributed by atoms with E-state index in [1.165, 1.54) is 18.7 Å². The number of nitrogens with one attached hydrogen (secondary N) is 2. The van der Waals surface area contributed by atoms with Crippen LogP contribution in [0.3, 0.4) is 0 Å². The van der Waals surface area contributed by atoms with Crippen molar-refractivity contribution in [1.82, 2.24) is 4.98 Å². The number of nitrogens with zero attached hydrogens (tertiary/aromatic N) is 1. The standard InChI is InChI=1S/C23H23N3O3S2/c1-14-9-11-18(12-10-14)24-19(28)13-30-16(3)22(29)26-23-25-20(21(31-23)15(2)27)17-7-5-4-6-8-17/h4-12,16H,13H2,1-3H3,(H,24,28)(H,25,26,29). The summed E-state index contributed by atoms with van der Waals surface area (Å²) in [4.78, 5) is 41.7. The summed E-state index contributed by atoms with van der Waals surface area (Å²) in [5.41, 5.74) is 3.22. The van der Waals surface area contributed by atoms with Crippen molar-refractivity contribution in [3.05, 3.63) is 65.0 Å². The van der Waals surface area contributed by atoms with Crippen molar-refractivity contribution in [2.45, 2.75) is 26.0 Å². The van der Waals surface area contributed by atoms with Crippen LogP contribution >= 0.6 is 23.1 Å². The zero-order chi connectivity index (χ0) is 22.4. The van der Waals surface area contributed by atoms with Crippen LogP contribution in [0.25, 0.3) is 11.3 Å². The zero-order valence-electron chi connectivity index (χ0n) is 17.5. The van der Waals surface area contributed by atoms with Crippen molar-refractivity contribution >= 4 is 51.5 Å². The summed E-state index contributed by atoms with van der Waals surface area (Å²) in [7, 11) is 0. The fourth-order valence-corrected chi connectivity index (χ4v) is 4.29. The SMILES string of the molecule is CC(=O)c1sc(NC(=O)C(C)SCC(=O)Nc2ccc(C)cc2)nc1-c1ccccc1. The van der Waals surface area contributed by atoms with Crippen LogP contribution < -0.4 is 10.6 Å². The van der Waals surface area contributed by atoms with Gasteiger partial charge in [-0.15, -0.1) is 11.8 Å². The molecule has 0 spiro atoms. The number of thiazole rings is 1. The van der Waals surface area contributed by atoms with Crippen LogP contribution in [-0.4, -0.2) is 33.6 Å². The van der Waals surface area contributed by atoms with E-state index >= 15 is 0 Å². The Labute approximate surface area is 189 Å². The fourth-order valence-electron chi connectivity index (χ4n) is 2.72. The van der Waals surface area contributed by atoms with Crippen molar-refractivity contribution in [1.29, 1.82) is 0 Å². The maximum atomic E-state index is 12.6. The van der Waals surface area contributed by atoms with Gasteiger partial charge in [-0.05, 0) is 26.0 Å². The lowest BCUT2D eigenvalue weighted by molar-refractivity contribution is -0.115. The zero-order valence-corrected chi connectivity index (χ0v) is 19.1. The largest absolute Gasteiger partial charge is 0.325 e. The Hall–Kier alpha value is -2.97. The van der Waals surface area contributed by atoms with Crippen LogP contribution in [0.1, 0.15) is 29.1 Å². The summed E-state index contributed by atoms with van der Waals surface area (Å²) in [5, 5.41) is 5.49. The molecule has 0 aliphatic carbocycles. The van der Waals surface area contributed by atoms with Crippen LogP contribution in [-0.2, 0) is 9.59 Å². The minimum atomic E-state index is -0.464. The van der Waals surface area contributed by atoms with Gasteiger partial charge in [0.05, 0.1) is 21.6 Å². The number of hydrogen-bond acceptors (Lipinski definition) is 6. The normalized spacial score (nSPS) is 11.6. The van der Waals surface area contributed by atoms with E-state index in [2.05, 4.69) is 15.6 Å². The highest BCUT2D eigenvalue weighted by atomic mass is 32.2. The Morgan fingerprint density at radius 1 is 1.03 bits per heavy atom. The number of amides is 2. The molecule has 2 amide bonds.